The van der Waals surface area contributed by atoms with Crippen molar-refractivity contribution in [1.29, 1.82) is 0 Å². The minimum absolute atomic E-state index is 0.0121. The van der Waals surface area contributed by atoms with Crippen molar-refractivity contribution in [1.82, 2.24) is 9.97 Å². The Hall–Kier alpha value is -1.79. The Labute approximate surface area is 110 Å². The monoisotopic (exact) mass is 287 g/mol. The van der Waals surface area contributed by atoms with E-state index in [0.29, 0.717) is 0 Å². The average Bonchev–Trinajstić information content (AvgIpc) is 2.32. The van der Waals surface area contributed by atoms with Gasteiger partial charge in [-0.15, -0.1) is 0 Å². The number of hydrogen-bond acceptors (Lipinski definition) is 4. The molecule has 0 amide bonds. The van der Waals surface area contributed by atoms with Crippen LogP contribution < -0.4 is 0 Å². The number of nitrogens with zero attached hydrogens (tertiary/aromatic N) is 3. The van der Waals surface area contributed by atoms with Gasteiger partial charge in [0.05, 0.1) is 9.95 Å². The van der Waals surface area contributed by atoms with E-state index in [-0.39, 0.29) is 27.3 Å². The smallest absolute Gasteiger partial charge is 0.258 e. The number of halogens is 3. The van der Waals surface area contributed by atoms with E-state index < -0.39 is 10.7 Å². The molecular formula is C10H4Cl2FN3O2. The molecule has 0 aliphatic heterocycles. The summed E-state index contributed by atoms with van der Waals surface area (Å²) in [4.78, 5) is 17.5. The van der Waals surface area contributed by atoms with Crippen LogP contribution in [0.2, 0.25) is 10.3 Å². The van der Waals surface area contributed by atoms with Gasteiger partial charge in [-0.1, -0.05) is 11.6 Å². The highest BCUT2D eigenvalue weighted by atomic mass is 35.5. The number of hydrogen-bond donors (Lipinski definition) is 0. The third-order valence-electron chi connectivity index (χ3n) is 2.13. The van der Waals surface area contributed by atoms with E-state index in [2.05, 4.69) is 9.97 Å². The van der Waals surface area contributed by atoms with E-state index in [9.17, 15) is 14.5 Å². The van der Waals surface area contributed by atoms with E-state index in [1.54, 1.807) is 0 Å². The molecule has 0 atom stereocenters. The second-order valence-corrected chi connectivity index (χ2v) is 4.00. The molecule has 0 fully saturated rings. The van der Waals surface area contributed by atoms with Gasteiger partial charge < -0.3 is 0 Å². The third-order valence-corrected chi connectivity index (χ3v) is 2.60. The van der Waals surface area contributed by atoms with Crippen LogP contribution in [0.3, 0.4) is 0 Å². The Morgan fingerprint density at radius 2 is 2.06 bits per heavy atom. The summed E-state index contributed by atoms with van der Waals surface area (Å²) in [5.74, 6) is -0.622. The fourth-order valence-corrected chi connectivity index (χ4v) is 1.66. The van der Waals surface area contributed by atoms with Gasteiger partial charge in [-0.05, 0) is 29.8 Å². The zero-order chi connectivity index (χ0) is 13.3. The van der Waals surface area contributed by atoms with Gasteiger partial charge in [0.1, 0.15) is 12.0 Å². The first-order valence-corrected chi connectivity index (χ1v) is 5.37. The van der Waals surface area contributed by atoms with Crippen LogP contribution in [-0.2, 0) is 0 Å². The van der Waals surface area contributed by atoms with Crippen LogP contribution in [0.1, 0.15) is 0 Å². The molecule has 2 aromatic rings. The summed E-state index contributed by atoms with van der Waals surface area (Å²) in [5, 5.41) is 10.5. The van der Waals surface area contributed by atoms with Gasteiger partial charge in [-0.3, -0.25) is 10.1 Å². The molecule has 0 radical (unpaired) electrons. The van der Waals surface area contributed by atoms with Crippen molar-refractivity contribution >= 4 is 28.9 Å². The summed E-state index contributed by atoms with van der Waals surface area (Å²) in [6, 6.07) is 3.66. The highest BCUT2D eigenvalue weighted by Gasteiger charge is 2.19. The molecule has 92 valence electrons. The lowest BCUT2D eigenvalue weighted by Gasteiger charge is -2.03. The zero-order valence-corrected chi connectivity index (χ0v) is 10.1. The topological polar surface area (TPSA) is 68.9 Å². The molecule has 18 heavy (non-hydrogen) atoms. The fourth-order valence-electron chi connectivity index (χ4n) is 1.34. The molecule has 1 aromatic heterocycles. The Kier molecular flexibility index (Phi) is 3.40. The van der Waals surface area contributed by atoms with Crippen LogP contribution in [-0.4, -0.2) is 14.9 Å². The molecule has 0 aliphatic rings. The Balaban J connectivity index is 2.65. The molecule has 0 saturated carbocycles. The van der Waals surface area contributed by atoms with Gasteiger partial charge >= 0.3 is 5.69 Å². The van der Waals surface area contributed by atoms with Crippen molar-refractivity contribution in [2.45, 2.75) is 0 Å². The minimum atomic E-state index is -0.650. The van der Waals surface area contributed by atoms with E-state index >= 15 is 0 Å². The van der Waals surface area contributed by atoms with Crippen molar-refractivity contribution in [2.24, 2.45) is 0 Å². The van der Waals surface area contributed by atoms with E-state index in [4.69, 9.17) is 23.2 Å². The van der Waals surface area contributed by atoms with Gasteiger partial charge in [-0.25, -0.2) is 14.4 Å². The molecule has 5 nitrogen and oxygen atoms in total. The molecular weight excluding hydrogens is 284 g/mol. The number of benzene rings is 1. The van der Waals surface area contributed by atoms with Crippen LogP contribution in [0.4, 0.5) is 10.1 Å². The predicted octanol–water partition coefficient (Wildman–Crippen LogP) is 3.50. The van der Waals surface area contributed by atoms with E-state index in [0.717, 1.165) is 12.3 Å². The highest BCUT2D eigenvalue weighted by molar-refractivity contribution is 6.31. The maximum absolute atomic E-state index is 13.0. The van der Waals surface area contributed by atoms with Crippen LogP contribution >= 0.6 is 23.2 Å². The fraction of sp³-hybridized carbons (Fsp3) is 0. The van der Waals surface area contributed by atoms with Crippen molar-refractivity contribution < 1.29 is 9.31 Å². The highest BCUT2D eigenvalue weighted by Crippen LogP contribution is 2.30. The summed E-state index contributed by atoms with van der Waals surface area (Å²) in [7, 11) is 0. The third kappa shape index (κ3) is 2.39. The Morgan fingerprint density at radius 1 is 1.33 bits per heavy atom. The first-order valence-electron chi connectivity index (χ1n) is 4.61. The maximum Gasteiger partial charge on any atom is 0.313 e. The Morgan fingerprint density at radius 3 is 2.67 bits per heavy atom. The van der Waals surface area contributed by atoms with Crippen LogP contribution in [0.25, 0.3) is 11.3 Å². The van der Waals surface area contributed by atoms with E-state index in [1.165, 1.54) is 12.1 Å². The zero-order valence-electron chi connectivity index (χ0n) is 8.60. The quantitative estimate of drug-likeness (QED) is 0.482. The summed E-state index contributed by atoms with van der Waals surface area (Å²) >= 11 is 11.2. The van der Waals surface area contributed by atoms with Crippen molar-refractivity contribution in [3.8, 4) is 11.3 Å². The van der Waals surface area contributed by atoms with Gasteiger partial charge in [0.25, 0.3) is 0 Å². The first-order chi connectivity index (χ1) is 8.49. The maximum atomic E-state index is 13.0. The van der Waals surface area contributed by atoms with Crippen LogP contribution in [0.15, 0.2) is 24.4 Å². The van der Waals surface area contributed by atoms with E-state index in [1.807, 2.05) is 0 Å². The van der Waals surface area contributed by atoms with Crippen LogP contribution in [0.5, 0.6) is 0 Å². The summed E-state index contributed by atoms with van der Waals surface area (Å²) in [6.45, 7) is 0. The lowest BCUT2D eigenvalue weighted by atomic mass is 10.1. The summed E-state index contributed by atoms with van der Waals surface area (Å²) in [5.41, 5.74) is -0.0543. The lowest BCUT2D eigenvalue weighted by molar-refractivity contribution is -0.384. The number of nitro groups is 1. The van der Waals surface area contributed by atoms with Crippen molar-refractivity contribution in [2.75, 3.05) is 0 Å². The predicted molar refractivity (Wildman–Crippen MR) is 64.1 cm³/mol. The largest absolute Gasteiger partial charge is 0.313 e. The molecule has 1 heterocycles. The van der Waals surface area contributed by atoms with Gasteiger partial charge in [0.15, 0.2) is 5.69 Å². The van der Waals surface area contributed by atoms with Gasteiger partial charge in [0.2, 0.25) is 5.28 Å². The normalized spacial score (nSPS) is 10.4. The van der Waals surface area contributed by atoms with Gasteiger partial charge in [0, 0.05) is 5.56 Å². The average molecular weight is 288 g/mol. The molecule has 0 N–H and O–H groups in total. The minimum Gasteiger partial charge on any atom is -0.258 e. The molecule has 1 aromatic carbocycles. The molecule has 8 heteroatoms. The molecule has 0 saturated heterocycles. The van der Waals surface area contributed by atoms with Crippen molar-refractivity contribution in [3.63, 3.8) is 0 Å². The van der Waals surface area contributed by atoms with Crippen LogP contribution in [0, 0.1) is 15.9 Å². The second kappa shape index (κ2) is 4.83. The molecule has 2 rings (SSSR count). The Bertz CT molecular complexity index is 637. The molecule has 0 unspecified atom stereocenters. The summed E-state index contributed by atoms with van der Waals surface area (Å²) in [6.07, 6.45) is 0.988. The van der Waals surface area contributed by atoms with Gasteiger partial charge in [-0.2, -0.15) is 0 Å². The lowest BCUT2D eigenvalue weighted by Crippen LogP contribution is -1.97. The standard InChI is InChI=1S/C10H4Cl2FN3O2/c11-6-3-5(1-2-7(6)13)9-8(16(17)18)4-14-10(12)15-9/h1-4H. The van der Waals surface area contributed by atoms with Crippen molar-refractivity contribution in [3.05, 3.63) is 50.6 Å². The number of rotatable bonds is 2. The molecule has 0 aliphatic carbocycles. The second-order valence-electron chi connectivity index (χ2n) is 3.26. The molecule has 0 bridgehead atoms. The SMILES string of the molecule is O=[N+]([O-])c1cnc(Cl)nc1-c1ccc(F)c(Cl)c1. The first kappa shape index (κ1) is 12.7. The number of aromatic nitrogens is 2. The summed E-state index contributed by atoms with van der Waals surface area (Å²) < 4.78 is 13.0. The molecule has 0 spiro atoms.